The zero-order chi connectivity index (χ0) is 16.6. The lowest BCUT2D eigenvalue weighted by atomic mass is 10.2. The number of hydrogen-bond acceptors (Lipinski definition) is 6. The molecule has 2 aromatic heterocycles. The van der Waals surface area contributed by atoms with Crippen molar-refractivity contribution in [1.29, 1.82) is 0 Å². The van der Waals surface area contributed by atoms with Gasteiger partial charge in [-0.05, 0) is 19.1 Å². The highest BCUT2D eigenvalue weighted by Gasteiger charge is 2.34. The first-order chi connectivity index (χ1) is 11.0. The van der Waals surface area contributed by atoms with E-state index >= 15 is 0 Å². The number of aryl methyl sites for hydroxylation is 1. The van der Waals surface area contributed by atoms with Gasteiger partial charge in [0.05, 0.1) is 28.1 Å². The summed E-state index contributed by atoms with van der Waals surface area (Å²) in [5.41, 5.74) is 0.593. The number of thiazole rings is 1. The lowest BCUT2D eigenvalue weighted by Gasteiger charge is -2.32. The summed E-state index contributed by atoms with van der Waals surface area (Å²) in [5.74, 6) is -1.38. The van der Waals surface area contributed by atoms with Gasteiger partial charge < -0.3 is 14.7 Å². The molecule has 1 N–H and O–H groups in total. The number of halogens is 1. The molecule has 122 valence electrons. The molecule has 9 heteroatoms. The van der Waals surface area contributed by atoms with Crippen LogP contribution in [0.4, 0.5) is 0 Å². The van der Waals surface area contributed by atoms with Gasteiger partial charge in [-0.25, -0.2) is 9.78 Å². The van der Waals surface area contributed by atoms with Crippen LogP contribution in [0.5, 0.6) is 0 Å². The Labute approximate surface area is 145 Å². The minimum absolute atomic E-state index is 0.00626. The lowest BCUT2D eigenvalue weighted by molar-refractivity contribution is -0.147. The predicted octanol–water partition coefficient (Wildman–Crippen LogP) is 2.76. The van der Waals surface area contributed by atoms with E-state index in [2.05, 4.69) is 4.98 Å². The van der Waals surface area contributed by atoms with Crippen molar-refractivity contribution < 1.29 is 19.4 Å². The Hall–Kier alpha value is -1.48. The number of aliphatic carboxylic acids is 1. The van der Waals surface area contributed by atoms with Crippen molar-refractivity contribution in [2.75, 3.05) is 19.8 Å². The van der Waals surface area contributed by atoms with Crippen LogP contribution in [-0.4, -0.2) is 52.7 Å². The molecule has 0 bridgehead atoms. The van der Waals surface area contributed by atoms with Crippen molar-refractivity contribution in [3.63, 3.8) is 0 Å². The Morgan fingerprint density at radius 2 is 2.22 bits per heavy atom. The number of aromatic nitrogens is 1. The van der Waals surface area contributed by atoms with Crippen LogP contribution in [0.25, 0.3) is 9.88 Å². The summed E-state index contributed by atoms with van der Waals surface area (Å²) in [5, 5.41) is 9.97. The number of carbonyl (C=O) groups excluding carboxylic acids is 1. The number of ether oxygens (including phenoxy) is 1. The molecule has 0 spiro atoms. The largest absolute Gasteiger partial charge is 0.480 e. The van der Waals surface area contributed by atoms with Crippen LogP contribution in [-0.2, 0) is 9.53 Å². The highest BCUT2D eigenvalue weighted by Crippen LogP contribution is 2.35. The molecular formula is C14H13ClN2O4S2. The highest BCUT2D eigenvalue weighted by molar-refractivity contribution is 7.24. The van der Waals surface area contributed by atoms with E-state index in [4.69, 9.17) is 16.3 Å². The predicted molar refractivity (Wildman–Crippen MR) is 88.5 cm³/mol. The van der Waals surface area contributed by atoms with Gasteiger partial charge in [0.15, 0.2) is 6.04 Å². The Morgan fingerprint density at radius 1 is 1.43 bits per heavy atom. The summed E-state index contributed by atoms with van der Waals surface area (Å²) < 4.78 is 5.82. The van der Waals surface area contributed by atoms with Gasteiger partial charge >= 0.3 is 5.97 Å². The maximum Gasteiger partial charge on any atom is 0.328 e. The fourth-order valence-electron chi connectivity index (χ4n) is 2.31. The maximum absolute atomic E-state index is 12.7. The van der Waals surface area contributed by atoms with Crippen molar-refractivity contribution >= 4 is 46.2 Å². The Bertz CT molecular complexity index is 758. The van der Waals surface area contributed by atoms with Gasteiger partial charge in [0.25, 0.3) is 5.91 Å². The summed E-state index contributed by atoms with van der Waals surface area (Å²) in [6.07, 6.45) is 0. The number of nitrogens with zero attached hydrogens (tertiary/aromatic N) is 2. The van der Waals surface area contributed by atoms with E-state index in [-0.39, 0.29) is 19.1 Å². The quantitative estimate of drug-likeness (QED) is 0.896. The van der Waals surface area contributed by atoms with E-state index in [0.717, 1.165) is 4.88 Å². The standard InChI is InChI=1S/C14H13ClN2O4S2/c1-7-11(23-12(16-7)9-2-3-10(15)22-9)13(18)17-4-5-21-6-8(17)14(19)20/h2-3,8H,4-6H2,1H3,(H,19,20). The number of morpholine rings is 1. The number of carbonyl (C=O) groups is 2. The minimum atomic E-state index is -1.06. The molecule has 1 aliphatic rings. The second-order valence-corrected chi connectivity index (χ2v) is 7.68. The monoisotopic (exact) mass is 372 g/mol. The van der Waals surface area contributed by atoms with Crippen LogP contribution in [0.3, 0.4) is 0 Å². The van der Waals surface area contributed by atoms with Gasteiger partial charge in [-0.3, -0.25) is 4.79 Å². The zero-order valence-electron chi connectivity index (χ0n) is 12.1. The molecule has 1 fully saturated rings. The van der Waals surface area contributed by atoms with Gasteiger partial charge in [0.1, 0.15) is 9.88 Å². The lowest BCUT2D eigenvalue weighted by Crippen LogP contribution is -2.52. The van der Waals surface area contributed by atoms with Gasteiger partial charge in [-0.2, -0.15) is 0 Å². The molecule has 0 radical (unpaired) electrons. The third-order valence-corrected chi connectivity index (χ3v) is 6.00. The first kappa shape index (κ1) is 16.4. The molecule has 1 amide bonds. The molecule has 23 heavy (non-hydrogen) atoms. The molecule has 1 aliphatic heterocycles. The third-order valence-electron chi connectivity index (χ3n) is 3.45. The molecule has 1 atom stereocenters. The highest BCUT2D eigenvalue weighted by atomic mass is 35.5. The van der Waals surface area contributed by atoms with Gasteiger partial charge in [-0.15, -0.1) is 22.7 Å². The zero-order valence-corrected chi connectivity index (χ0v) is 14.5. The van der Waals surface area contributed by atoms with Crippen LogP contribution in [0.1, 0.15) is 15.4 Å². The van der Waals surface area contributed by atoms with Gasteiger partial charge in [0, 0.05) is 6.54 Å². The van der Waals surface area contributed by atoms with Gasteiger partial charge in [0.2, 0.25) is 0 Å². The molecule has 3 rings (SSSR count). The van der Waals surface area contributed by atoms with Crippen LogP contribution in [0.2, 0.25) is 4.34 Å². The number of rotatable bonds is 3. The molecular weight excluding hydrogens is 360 g/mol. The van der Waals surface area contributed by atoms with Crippen LogP contribution >= 0.6 is 34.3 Å². The van der Waals surface area contributed by atoms with Crippen molar-refractivity contribution in [1.82, 2.24) is 9.88 Å². The molecule has 0 aliphatic carbocycles. The normalized spacial score (nSPS) is 18.2. The number of hydrogen-bond donors (Lipinski definition) is 1. The van der Waals surface area contributed by atoms with E-state index in [1.165, 1.54) is 27.6 Å². The number of amides is 1. The molecule has 1 unspecified atom stereocenters. The second kappa shape index (κ2) is 6.56. The second-order valence-electron chi connectivity index (χ2n) is 4.96. The summed E-state index contributed by atoms with van der Waals surface area (Å²) in [6, 6.07) is 2.67. The topological polar surface area (TPSA) is 79.7 Å². The average molecular weight is 373 g/mol. The number of carboxylic acid groups (broad SMARTS) is 1. The number of carboxylic acids is 1. The first-order valence-corrected chi connectivity index (χ1v) is 8.83. The van der Waals surface area contributed by atoms with E-state index < -0.39 is 12.0 Å². The van der Waals surface area contributed by atoms with E-state index in [0.29, 0.717) is 26.5 Å². The Morgan fingerprint density at radius 3 is 2.87 bits per heavy atom. The fourth-order valence-corrected chi connectivity index (χ4v) is 4.43. The average Bonchev–Trinajstić information content (AvgIpc) is 3.12. The maximum atomic E-state index is 12.7. The molecule has 1 saturated heterocycles. The Kier molecular flexibility index (Phi) is 4.67. The Balaban J connectivity index is 1.90. The van der Waals surface area contributed by atoms with Crippen LogP contribution < -0.4 is 0 Å². The van der Waals surface area contributed by atoms with Crippen LogP contribution in [0, 0.1) is 6.92 Å². The first-order valence-electron chi connectivity index (χ1n) is 6.82. The fraction of sp³-hybridized carbons (Fsp3) is 0.357. The molecule has 0 saturated carbocycles. The summed E-state index contributed by atoms with van der Waals surface area (Å²) in [7, 11) is 0. The van der Waals surface area contributed by atoms with Crippen molar-refractivity contribution in [3.05, 3.63) is 27.0 Å². The molecule has 2 aromatic rings. The van der Waals surface area contributed by atoms with Gasteiger partial charge in [-0.1, -0.05) is 11.6 Å². The van der Waals surface area contributed by atoms with Crippen molar-refractivity contribution in [2.24, 2.45) is 0 Å². The molecule has 6 nitrogen and oxygen atoms in total. The van der Waals surface area contributed by atoms with Crippen molar-refractivity contribution in [2.45, 2.75) is 13.0 Å². The summed E-state index contributed by atoms with van der Waals surface area (Å²) >= 11 is 8.58. The summed E-state index contributed by atoms with van der Waals surface area (Å²) in [4.78, 5) is 31.2. The summed E-state index contributed by atoms with van der Waals surface area (Å²) in [6.45, 7) is 2.35. The molecule has 3 heterocycles. The van der Waals surface area contributed by atoms with Crippen LogP contribution in [0.15, 0.2) is 12.1 Å². The van der Waals surface area contributed by atoms with Crippen molar-refractivity contribution in [3.8, 4) is 9.88 Å². The van der Waals surface area contributed by atoms with E-state index in [1.54, 1.807) is 13.0 Å². The molecule has 0 aromatic carbocycles. The van der Waals surface area contributed by atoms with E-state index in [9.17, 15) is 14.7 Å². The number of thiophene rings is 1. The SMILES string of the molecule is Cc1nc(-c2ccc(Cl)s2)sc1C(=O)N1CCOCC1C(=O)O. The smallest absolute Gasteiger partial charge is 0.328 e. The van der Waals surface area contributed by atoms with E-state index in [1.807, 2.05) is 6.07 Å². The third kappa shape index (κ3) is 3.25. The minimum Gasteiger partial charge on any atom is -0.480 e.